The van der Waals surface area contributed by atoms with Crippen LogP contribution in [0.15, 0.2) is 30.5 Å². The van der Waals surface area contributed by atoms with Gasteiger partial charge in [0, 0.05) is 24.7 Å². The first kappa shape index (κ1) is 14.6. The first-order valence-corrected chi connectivity index (χ1v) is 7.68. The second kappa shape index (κ2) is 5.79. The standard InChI is InChI=1S/C16H20ClN3O/c1-2-21-11-8-16(9-11,10-18)20-14-6-5-13(17)12-4-3-7-19-15(12)14/h3-7,11,20H,2,8-10,18H2,1H3. The van der Waals surface area contributed by atoms with Gasteiger partial charge in [0.25, 0.3) is 0 Å². The normalized spacial score (nSPS) is 24.8. The maximum Gasteiger partial charge on any atom is 0.0948 e. The molecule has 2 aromatic rings. The van der Waals surface area contributed by atoms with Crippen LogP contribution in [0.1, 0.15) is 19.8 Å². The van der Waals surface area contributed by atoms with E-state index >= 15 is 0 Å². The third-order valence-corrected chi connectivity index (χ3v) is 4.48. The molecule has 3 rings (SSSR count). The van der Waals surface area contributed by atoms with Gasteiger partial charge in [-0.3, -0.25) is 4.98 Å². The quantitative estimate of drug-likeness (QED) is 0.890. The van der Waals surface area contributed by atoms with Gasteiger partial charge in [-0.05, 0) is 44.0 Å². The van der Waals surface area contributed by atoms with Gasteiger partial charge in [-0.2, -0.15) is 0 Å². The van der Waals surface area contributed by atoms with Crippen molar-refractivity contribution in [1.82, 2.24) is 4.98 Å². The molecule has 0 saturated heterocycles. The number of nitrogens with one attached hydrogen (secondary N) is 1. The van der Waals surface area contributed by atoms with Gasteiger partial charge >= 0.3 is 0 Å². The van der Waals surface area contributed by atoms with Gasteiger partial charge in [0.1, 0.15) is 0 Å². The molecule has 3 N–H and O–H groups in total. The second-order valence-electron chi connectivity index (χ2n) is 5.59. The van der Waals surface area contributed by atoms with E-state index in [0.717, 1.165) is 36.0 Å². The summed E-state index contributed by atoms with van der Waals surface area (Å²) in [5, 5.41) is 5.24. The molecule has 1 fully saturated rings. The summed E-state index contributed by atoms with van der Waals surface area (Å²) in [4.78, 5) is 4.46. The highest BCUT2D eigenvalue weighted by atomic mass is 35.5. The molecule has 0 spiro atoms. The number of fused-ring (bicyclic) bond motifs is 1. The number of hydrogen-bond donors (Lipinski definition) is 2. The highest BCUT2D eigenvalue weighted by molar-refractivity contribution is 6.35. The predicted molar refractivity (Wildman–Crippen MR) is 86.8 cm³/mol. The highest BCUT2D eigenvalue weighted by Gasteiger charge is 2.44. The minimum Gasteiger partial charge on any atom is -0.378 e. The Morgan fingerprint density at radius 3 is 2.95 bits per heavy atom. The maximum atomic E-state index is 6.23. The summed E-state index contributed by atoms with van der Waals surface area (Å²) in [6.45, 7) is 3.34. The van der Waals surface area contributed by atoms with Gasteiger partial charge < -0.3 is 15.8 Å². The molecule has 4 nitrogen and oxygen atoms in total. The molecule has 0 amide bonds. The van der Waals surface area contributed by atoms with Crippen molar-refractivity contribution in [3.8, 4) is 0 Å². The van der Waals surface area contributed by atoms with Gasteiger partial charge in [0.2, 0.25) is 0 Å². The molecule has 0 bridgehead atoms. The Labute approximate surface area is 129 Å². The van der Waals surface area contributed by atoms with Crippen molar-refractivity contribution in [2.24, 2.45) is 5.73 Å². The average Bonchev–Trinajstić information content (AvgIpc) is 2.48. The number of rotatable bonds is 5. The van der Waals surface area contributed by atoms with E-state index in [1.165, 1.54) is 0 Å². The second-order valence-corrected chi connectivity index (χ2v) is 6.00. The van der Waals surface area contributed by atoms with E-state index in [2.05, 4.69) is 10.3 Å². The molecule has 1 saturated carbocycles. The van der Waals surface area contributed by atoms with Crippen LogP contribution >= 0.6 is 11.6 Å². The average molecular weight is 306 g/mol. The molecule has 21 heavy (non-hydrogen) atoms. The lowest BCUT2D eigenvalue weighted by molar-refractivity contribution is -0.0271. The number of halogens is 1. The molecule has 1 aliphatic rings. The first-order chi connectivity index (χ1) is 10.2. The summed E-state index contributed by atoms with van der Waals surface area (Å²) in [7, 11) is 0. The van der Waals surface area contributed by atoms with E-state index in [-0.39, 0.29) is 5.54 Å². The zero-order chi connectivity index (χ0) is 14.9. The Morgan fingerprint density at radius 2 is 2.24 bits per heavy atom. The van der Waals surface area contributed by atoms with E-state index in [4.69, 9.17) is 22.1 Å². The van der Waals surface area contributed by atoms with Crippen molar-refractivity contribution in [3.05, 3.63) is 35.5 Å². The summed E-state index contributed by atoms with van der Waals surface area (Å²) in [6.07, 6.45) is 3.93. The Balaban J connectivity index is 1.87. The number of aromatic nitrogens is 1. The third kappa shape index (κ3) is 2.71. The largest absolute Gasteiger partial charge is 0.378 e. The maximum absolute atomic E-state index is 6.23. The predicted octanol–water partition coefficient (Wildman–Crippen LogP) is 3.20. The number of ether oxygens (including phenoxy) is 1. The van der Waals surface area contributed by atoms with E-state index in [9.17, 15) is 0 Å². The van der Waals surface area contributed by atoms with Crippen LogP contribution in [0, 0.1) is 0 Å². The Morgan fingerprint density at radius 1 is 1.43 bits per heavy atom. The number of benzene rings is 1. The van der Waals surface area contributed by atoms with Crippen LogP contribution in [0.5, 0.6) is 0 Å². The van der Waals surface area contributed by atoms with Gasteiger partial charge in [-0.1, -0.05) is 11.6 Å². The van der Waals surface area contributed by atoms with Crippen molar-refractivity contribution in [2.75, 3.05) is 18.5 Å². The van der Waals surface area contributed by atoms with Gasteiger partial charge in [0.05, 0.1) is 27.9 Å². The molecule has 0 unspecified atom stereocenters. The number of hydrogen-bond acceptors (Lipinski definition) is 4. The van der Waals surface area contributed by atoms with E-state index in [1.54, 1.807) is 6.20 Å². The van der Waals surface area contributed by atoms with Crippen LogP contribution in [0.25, 0.3) is 10.9 Å². The van der Waals surface area contributed by atoms with Crippen LogP contribution in [0.3, 0.4) is 0 Å². The highest BCUT2D eigenvalue weighted by Crippen LogP contribution is 2.39. The SMILES string of the molecule is CCOC1CC(CN)(Nc2ccc(Cl)c3cccnc23)C1. The van der Waals surface area contributed by atoms with Gasteiger partial charge in [0.15, 0.2) is 0 Å². The Bertz CT molecular complexity index is 640. The number of anilines is 1. The summed E-state index contributed by atoms with van der Waals surface area (Å²) in [6, 6.07) is 7.75. The molecule has 1 heterocycles. The van der Waals surface area contributed by atoms with Crippen molar-refractivity contribution < 1.29 is 4.74 Å². The summed E-state index contributed by atoms with van der Waals surface area (Å²) in [5.41, 5.74) is 7.75. The lowest BCUT2D eigenvalue weighted by atomic mass is 9.74. The van der Waals surface area contributed by atoms with Crippen molar-refractivity contribution in [1.29, 1.82) is 0 Å². The Kier molecular flexibility index (Phi) is 4.02. The number of pyridine rings is 1. The molecule has 0 radical (unpaired) electrons. The fourth-order valence-corrected chi connectivity index (χ4v) is 3.23. The number of nitrogens with zero attached hydrogens (tertiary/aromatic N) is 1. The fraction of sp³-hybridized carbons (Fsp3) is 0.438. The lowest BCUT2D eigenvalue weighted by Crippen LogP contribution is -2.58. The fourth-order valence-electron chi connectivity index (χ4n) is 3.01. The van der Waals surface area contributed by atoms with Crippen LogP contribution in [-0.4, -0.2) is 29.8 Å². The Hall–Kier alpha value is -1.36. The molecule has 1 aromatic heterocycles. The van der Waals surface area contributed by atoms with E-state index in [0.29, 0.717) is 17.7 Å². The zero-order valence-electron chi connectivity index (χ0n) is 12.1. The van der Waals surface area contributed by atoms with Gasteiger partial charge in [-0.15, -0.1) is 0 Å². The van der Waals surface area contributed by atoms with Crippen LogP contribution < -0.4 is 11.1 Å². The smallest absolute Gasteiger partial charge is 0.0948 e. The number of nitrogens with two attached hydrogens (primary N) is 1. The summed E-state index contributed by atoms with van der Waals surface area (Å²) in [5.74, 6) is 0. The minimum absolute atomic E-state index is 0.0991. The molecule has 0 atom stereocenters. The van der Waals surface area contributed by atoms with Crippen LogP contribution in [0.2, 0.25) is 5.02 Å². The van der Waals surface area contributed by atoms with Crippen molar-refractivity contribution in [2.45, 2.75) is 31.4 Å². The topological polar surface area (TPSA) is 60.2 Å². The van der Waals surface area contributed by atoms with Gasteiger partial charge in [-0.25, -0.2) is 0 Å². The minimum atomic E-state index is -0.0991. The molecule has 0 aliphatic heterocycles. The van der Waals surface area contributed by atoms with Crippen molar-refractivity contribution in [3.63, 3.8) is 0 Å². The molecule has 1 aliphatic carbocycles. The van der Waals surface area contributed by atoms with Crippen LogP contribution in [0.4, 0.5) is 5.69 Å². The molecular formula is C16H20ClN3O. The molecular weight excluding hydrogens is 286 g/mol. The van der Waals surface area contributed by atoms with E-state index in [1.807, 2.05) is 31.2 Å². The first-order valence-electron chi connectivity index (χ1n) is 7.30. The molecule has 112 valence electrons. The van der Waals surface area contributed by atoms with Crippen molar-refractivity contribution >= 4 is 28.2 Å². The zero-order valence-corrected chi connectivity index (χ0v) is 12.9. The summed E-state index contributed by atoms with van der Waals surface area (Å²) >= 11 is 6.23. The van der Waals surface area contributed by atoms with Crippen LogP contribution in [-0.2, 0) is 4.74 Å². The lowest BCUT2D eigenvalue weighted by Gasteiger charge is -2.47. The molecule has 5 heteroatoms. The molecule has 1 aromatic carbocycles. The third-order valence-electron chi connectivity index (χ3n) is 4.15. The monoisotopic (exact) mass is 305 g/mol. The summed E-state index contributed by atoms with van der Waals surface area (Å²) < 4.78 is 5.65. The van der Waals surface area contributed by atoms with E-state index < -0.39 is 0 Å².